The first-order valence-electron chi connectivity index (χ1n) is 8.72. The van der Waals surface area contributed by atoms with Crippen LogP contribution in [0.3, 0.4) is 0 Å². The number of aromatic nitrogens is 1. The van der Waals surface area contributed by atoms with Gasteiger partial charge >= 0.3 is 0 Å². The van der Waals surface area contributed by atoms with E-state index in [4.69, 9.17) is 27.9 Å². The van der Waals surface area contributed by atoms with Gasteiger partial charge in [-0.15, -0.1) is 0 Å². The van der Waals surface area contributed by atoms with Gasteiger partial charge in [-0.2, -0.15) is 13.5 Å². The second-order valence-electron chi connectivity index (χ2n) is 6.06. The van der Waals surface area contributed by atoms with Crippen LogP contribution in [0.2, 0.25) is 5.02 Å². The number of alkyl halides is 2. The smallest absolute Gasteiger partial charge is 0.292 e. The Bertz CT molecular complexity index is 962. The van der Waals surface area contributed by atoms with Crippen LogP contribution in [0.5, 0.6) is 0 Å². The highest BCUT2D eigenvalue weighted by molar-refractivity contribution is 6.31. The van der Waals surface area contributed by atoms with E-state index in [1.807, 2.05) is 0 Å². The maximum absolute atomic E-state index is 14.3. The molecule has 1 amide bonds. The fraction of sp³-hybridized carbons (Fsp3) is 0.278. The van der Waals surface area contributed by atoms with Crippen molar-refractivity contribution in [1.82, 2.24) is 10.0 Å². The summed E-state index contributed by atoms with van der Waals surface area (Å²) in [6, 6.07) is 9.83. The first-order chi connectivity index (χ1) is 14.2. The SMILES string of the molecule is NC(N)=NOCCNC(=O)Cc1c(Cl)ccc(=NCC(F)(F)c2ccccc2)n1O. The standard InChI is InChI=1S/C18H21ClF2N6O3/c19-13-6-7-15(25-11-18(20,21)12-4-2-1-3-5-12)27(29)14(13)10-16(28)24-8-9-30-26-17(22)23/h1-7,29H,8-11H2,(H,24,28)(H4,22,23,26). The summed E-state index contributed by atoms with van der Waals surface area (Å²) in [7, 11) is 0. The van der Waals surface area contributed by atoms with Crippen molar-refractivity contribution in [1.29, 1.82) is 0 Å². The molecule has 0 atom stereocenters. The average Bonchev–Trinajstić information content (AvgIpc) is 2.70. The molecule has 1 aromatic carbocycles. The number of hydrogen-bond donors (Lipinski definition) is 4. The third-order valence-corrected chi connectivity index (χ3v) is 4.12. The molecule has 0 saturated heterocycles. The summed E-state index contributed by atoms with van der Waals surface area (Å²) in [6.45, 7) is -0.792. The maximum atomic E-state index is 14.3. The van der Waals surface area contributed by atoms with Crippen LogP contribution >= 0.6 is 11.6 Å². The van der Waals surface area contributed by atoms with Crippen molar-refractivity contribution in [2.75, 3.05) is 19.7 Å². The van der Waals surface area contributed by atoms with Crippen LogP contribution < -0.4 is 22.3 Å². The summed E-state index contributed by atoms with van der Waals surface area (Å²) < 4.78 is 29.1. The van der Waals surface area contributed by atoms with Crippen molar-refractivity contribution < 1.29 is 23.6 Å². The van der Waals surface area contributed by atoms with Crippen molar-refractivity contribution in [2.45, 2.75) is 12.3 Å². The van der Waals surface area contributed by atoms with E-state index in [2.05, 4.69) is 15.5 Å². The van der Waals surface area contributed by atoms with E-state index in [1.165, 1.54) is 36.4 Å². The van der Waals surface area contributed by atoms with Gasteiger partial charge in [-0.3, -0.25) is 9.79 Å². The number of halogens is 3. The van der Waals surface area contributed by atoms with Crippen molar-refractivity contribution in [3.05, 3.63) is 64.2 Å². The summed E-state index contributed by atoms with van der Waals surface area (Å²) in [5.41, 5.74) is 9.78. The van der Waals surface area contributed by atoms with Gasteiger partial charge in [0, 0.05) is 5.56 Å². The van der Waals surface area contributed by atoms with Gasteiger partial charge in [0.1, 0.15) is 13.2 Å². The molecular formula is C18H21ClF2N6O3. The minimum absolute atomic E-state index is 0.0106. The zero-order chi connectivity index (χ0) is 22.1. The molecule has 0 aliphatic heterocycles. The Balaban J connectivity index is 2.08. The predicted molar refractivity (Wildman–Crippen MR) is 106 cm³/mol. The van der Waals surface area contributed by atoms with Gasteiger partial charge in [0.2, 0.25) is 11.9 Å². The summed E-state index contributed by atoms with van der Waals surface area (Å²) >= 11 is 6.03. The van der Waals surface area contributed by atoms with Crippen LogP contribution in [0.4, 0.5) is 8.78 Å². The number of pyridine rings is 1. The number of carbonyl (C=O) groups is 1. The molecule has 0 spiro atoms. The molecule has 0 radical (unpaired) electrons. The topological polar surface area (TPSA) is 140 Å². The molecular weight excluding hydrogens is 422 g/mol. The quantitative estimate of drug-likeness (QED) is 0.150. The number of nitrogens with one attached hydrogen (secondary N) is 1. The fourth-order valence-corrected chi connectivity index (χ4v) is 2.57. The van der Waals surface area contributed by atoms with Gasteiger partial charge in [-0.05, 0) is 17.3 Å². The second kappa shape index (κ2) is 10.4. The van der Waals surface area contributed by atoms with Crippen molar-refractivity contribution in [2.24, 2.45) is 21.6 Å². The number of oxime groups is 1. The molecule has 12 heteroatoms. The number of amides is 1. The molecule has 0 bridgehead atoms. The highest BCUT2D eigenvalue weighted by atomic mass is 35.5. The molecule has 6 N–H and O–H groups in total. The molecule has 0 aliphatic carbocycles. The monoisotopic (exact) mass is 442 g/mol. The van der Waals surface area contributed by atoms with E-state index in [0.717, 1.165) is 0 Å². The van der Waals surface area contributed by atoms with Gasteiger partial charge in [0.15, 0.2) is 5.49 Å². The zero-order valence-corrected chi connectivity index (χ0v) is 16.5. The predicted octanol–water partition coefficient (Wildman–Crippen LogP) is 0.935. The van der Waals surface area contributed by atoms with Crippen LogP contribution in [-0.4, -0.2) is 41.5 Å². The van der Waals surface area contributed by atoms with Crippen LogP contribution in [-0.2, 0) is 22.0 Å². The van der Waals surface area contributed by atoms with Crippen LogP contribution in [0.25, 0.3) is 0 Å². The Kier molecular flexibility index (Phi) is 7.98. The first-order valence-corrected chi connectivity index (χ1v) is 9.09. The lowest BCUT2D eigenvalue weighted by Crippen LogP contribution is -2.32. The van der Waals surface area contributed by atoms with Gasteiger partial charge in [0.05, 0.1) is 23.7 Å². The van der Waals surface area contributed by atoms with Gasteiger partial charge < -0.3 is 26.8 Å². The Morgan fingerprint density at radius 1 is 1.23 bits per heavy atom. The number of benzene rings is 1. The molecule has 0 saturated carbocycles. The van der Waals surface area contributed by atoms with Crippen LogP contribution in [0, 0.1) is 0 Å². The molecule has 0 aliphatic rings. The van der Waals surface area contributed by atoms with Crippen molar-refractivity contribution in [3.63, 3.8) is 0 Å². The fourth-order valence-electron chi connectivity index (χ4n) is 2.36. The minimum atomic E-state index is -3.24. The minimum Gasteiger partial charge on any atom is -0.427 e. The summed E-state index contributed by atoms with van der Waals surface area (Å²) in [4.78, 5) is 20.5. The van der Waals surface area contributed by atoms with E-state index >= 15 is 0 Å². The van der Waals surface area contributed by atoms with E-state index in [-0.39, 0.29) is 47.3 Å². The molecule has 1 aromatic heterocycles. The summed E-state index contributed by atoms with van der Waals surface area (Å²) in [5.74, 6) is -3.99. The lowest BCUT2D eigenvalue weighted by atomic mass is 10.1. The molecule has 2 rings (SSSR count). The largest absolute Gasteiger partial charge is 0.427 e. The zero-order valence-electron chi connectivity index (χ0n) is 15.8. The van der Waals surface area contributed by atoms with Gasteiger partial charge in [-0.1, -0.05) is 41.9 Å². The van der Waals surface area contributed by atoms with Crippen molar-refractivity contribution in [3.8, 4) is 0 Å². The Labute approximate surface area is 175 Å². The second-order valence-corrected chi connectivity index (χ2v) is 6.47. The Morgan fingerprint density at radius 3 is 2.60 bits per heavy atom. The molecule has 30 heavy (non-hydrogen) atoms. The number of nitrogens with zero attached hydrogens (tertiary/aromatic N) is 3. The maximum Gasteiger partial charge on any atom is 0.292 e. The normalized spacial score (nSPS) is 11.8. The molecule has 0 fully saturated rings. The van der Waals surface area contributed by atoms with Gasteiger partial charge in [-0.25, -0.2) is 0 Å². The van der Waals surface area contributed by atoms with Gasteiger partial charge in [0.25, 0.3) is 5.92 Å². The number of carbonyl (C=O) groups excluding carboxylic acids is 1. The van der Waals surface area contributed by atoms with E-state index < -0.39 is 18.4 Å². The highest BCUT2D eigenvalue weighted by Gasteiger charge is 2.30. The van der Waals surface area contributed by atoms with Crippen molar-refractivity contribution >= 4 is 23.5 Å². The lowest BCUT2D eigenvalue weighted by Gasteiger charge is -2.14. The third kappa shape index (κ3) is 6.62. The van der Waals surface area contributed by atoms with E-state index in [1.54, 1.807) is 6.07 Å². The average molecular weight is 443 g/mol. The summed E-state index contributed by atoms with van der Waals surface area (Å²) in [6.07, 6.45) is -0.323. The third-order valence-electron chi connectivity index (χ3n) is 3.78. The van der Waals surface area contributed by atoms with E-state index in [9.17, 15) is 18.8 Å². The molecule has 162 valence electrons. The lowest BCUT2D eigenvalue weighted by molar-refractivity contribution is -0.120. The molecule has 0 unspecified atom stereocenters. The first kappa shape index (κ1) is 22.9. The van der Waals surface area contributed by atoms with E-state index in [0.29, 0.717) is 4.73 Å². The molecule has 1 heterocycles. The molecule has 2 aromatic rings. The molecule has 9 nitrogen and oxygen atoms in total. The number of rotatable bonds is 9. The number of hydrogen-bond acceptors (Lipinski definition) is 5. The summed E-state index contributed by atoms with van der Waals surface area (Å²) in [5, 5.41) is 16.2. The van der Waals surface area contributed by atoms with Crippen LogP contribution in [0.15, 0.2) is 52.6 Å². The number of guanidine groups is 1. The Hall–Kier alpha value is -3.34. The Morgan fingerprint density at radius 2 is 1.93 bits per heavy atom. The van der Waals surface area contributed by atoms with Crippen LogP contribution in [0.1, 0.15) is 11.3 Å². The number of nitrogens with two attached hydrogens (primary N) is 2. The highest BCUT2D eigenvalue weighted by Crippen LogP contribution is 2.27.